The normalized spacial score (nSPS) is 23.0. The quantitative estimate of drug-likeness (QED) is 0.709. The van der Waals surface area contributed by atoms with Crippen molar-refractivity contribution in [2.45, 2.75) is 19.4 Å². The lowest BCUT2D eigenvalue weighted by Crippen LogP contribution is -3.12. The summed E-state index contributed by atoms with van der Waals surface area (Å²) in [5, 5.41) is 0. The number of piperidine rings is 1. The minimum absolute atomic E-state index is 0.0567. The molecule has 3 N–H and O–H groups in total. The van der Waals surface area contributed by atoms with Gasteiger partial charge in [-0.05, 0) is 25.0 Å². The number of carbonyl (C=O) groups is 2. The second-order valence-corrected chi connectivity index (χ2v) is 4.88. The summed E-state index contributed by atoms with van der Waals surface area (Å²) in [6.07, 6.45) is 1.85. The van der Waals surface area contributed by atoms with Crippen LogP contribution in [0.25, 0.3) is 0 Å². The van der Waals surface area contributed by atoms with Crippen molar-refractivity contribution in [3.05, 3.63) is 23.7 Å². The molecule has 2 heterocycles. The first-order valence-electron chi connectivity index (χ1n) is 6.40. The summed E-state index contributed by atoms with van der Waals surface area (Å²) in [7, 11) is 1.32. The predicted octanol–water partition coefficient (Wildman–Crippen LogP) is -0.654. The molecule has 0 radical (unpaired) electrons. The lowest BCUT2D eigenvalue weighted by Gasteiger charge is -2.27. The van der Waals surface area contributed by atoms with Gasteiger partial charge in [-0.15, -0.1) is 0 Å². The smallest absolute Gasteiger partial charge is 0.373 e. The Morgan fingerprint density at radius 3 is 3.00 bits per heavy atom. The van der Waals surface area contributed by atoms with Gasteiger partial charge in [0.2, 0.25) is 11.7 Å². The van der Waals surface area contributed by atoms with Crippen LogP contribution in [-0.4, -0.2) is 32.1 Å². The largest absolute Gasteiger partial charge is 0.463 e. The molecule has 19 heavy (non-hydrogen) atoms. The average molecular weight is 267 g/mol. The molecule has 6 nitrogen and oxygen atoms in total. The zero-order valence-corrected chi connectivity index (χ0v) is 11.0. The van der Waals surface area contributed by atoms with Crippen LogP contribution in [0, 0.1) is 5.92 Å². The maximum atomic E-state index is 11.3. The van der Waals surface area contributed by atoms with Crippen LogP contribution in [0.1, 0.15) is 29.2 Å². The van der Waals surface area contributed by atoms with E-state index in [1.165, 1.54) is 12.0 Å². The van der Waals surface area contributed by atoms with Gasteiger partial charge in [-0.3, -0.25) is 4.79 Å². The van der Waals surface area contributed by atoms with Crippen LogP contribution >= 0.6 is 0 Å². The highest BCUT2D eigenvalue weighted by Gasteiger charge is 2.27. The van der Waals surface area contributed by atoms with Crippen molar-refractivity contribution in [2.24, 2.45) is 11.7 Å². The standard InChI is InChI=1S/C13H18N2O4/c1-18-13(17)11-5-4-10(19-11)8-15-6-2-3-9(7-15)12(14)16/h4-5,9H,2-3,6-8H2,1H3,(H2,14,16)/p+1/t9-/m0/s1. The highest BCUT2D eigenvalue weighted by atomic mass is 16.5. The Balaban J connectivity index is 1.95. The number of esters is 1. The average Bonchev–Trinajstić information content (AvgIpc) is 2.86. The number of rotatable bonds is 4. The van der Waals surface area contributed by atoms with E-state index in [0.29, 0.717) is 6.54 Å². The Morgan fingerprint density at radius 1 is 1.53 bits per heavy atom. The Bertz CT molecular complexity index is 469. The van der Waals surface area contributed by atoms with Gasteiger partial charge in [0.1, 0.15) is 6.54 Å². The number of nitrogens with two attached hydrogens (primary N) is 1. The molecule has 1 aromatic heterocycles. The van der Waals surface area contributed by atoms with E-state index in [-0.39, 0.29) is 17.6 Å². The van der Waals surface area contributed by atoms with Gasteiger partial charge in [-0.25, -0.2) is 4.79 Å². The highest BCUT2D eigenvalue weighted by molar-refractivity contribution is 5.86. The summed E-state index contributed by atoms with van der Waals surface area (Å²) >= 11 is 0. The van der Waals surface area contributed by atoms with Crippen molar-refractivity contribution in [3.8, 4) is 0 Å². The first-order valence-corrected chi connectivity index (χ1v) is 6.40. The fourth-order valence-corrected chi connectivity index (χ4v) is 2.48. The second-order valence-electron chi connectivity index (χ2n) is 4.88. The molecular formula is C13H19N2O4+. The van der Waals surface area contributed by atoms with Gasteiger partial charge in [-0.2, -0.15) is 0 Å². The highest BCUT2D eigenvalue weighted by Crippen LogP contribution is 2.10. The molecule has 0 aliphatic carbocycles. The maximum Gasteiger partial charge on any atom is 0.373 e. The number of primary amides is 1. The summed E-state index contributed by atoms with van der Waals surface area (Å²) < 4.78 is 10.0. The van der Waals surface area contributed by atoms with Crippen molar-refractivity contribution >= 4 is 11.9 Å². The first kappa shape index (κ1) is 13.6. The van der Waals surface area contributed by atoms with Gasteiger partial charge in [0.15, 0.2) is 5.76 Å². The Morgan fingerprint density at radius 2 is 2.32 bits per heavy atom. The van der Waals surface area contributed by atoms with Gasteiger partial charge in [0.25, 0.3) is 0 Å². The third-order valence-corrected chi connectivity index (χ3v) is 3.49. The Kier molecular flexibility index (Phi) is 4.21. The van der Waals surface area contributed by atoms with Crippen LogP contribution in [0.2, 0.25) is 0 Å². The number of hydrogen-bond acceptors (Lipinski definition) is 4. The molecule has 1 amide bonds. The van der Waals surface area contributed by atoms with Crippen molar-refractivity contribution in [1.29, 1.82) is 0 Å². The lowest BCUT2D eigenvalue weighted by molar-refractivity contribution is -0.922. The molecule has 6 heteroatoms. The van der Waals surface area contributed by atoms with Crippen LogP contribution in [0.4, 0.5) is 0 Å². The molecule has 0 saturated carbocycles. The summed E-state index contributed by atoms with van der Waals surface area (Å²) in [6, 6.07) is 3.38. The molecule has 2 rings (SSSR count). The van der Waals surface area contributed by atoms with E-state index >= 15 is 0 Å². The van der Waals surface area contributed by atoms with Crippen LogP contribution in [-0.2, 0) is 16.1 Å². The number of methoxy groups -OCH3 is 1. The van der Waals surface area contributed by atoms with E-state index in [0.717, 1.165) is 31.7 Å². The monoisotopic (exact) mass is 267 g/mol. The van der Waals surface area contributed by atoms with Crippen LogP contribution in [0.3, 0.4) is 0 Å². The number of quaternary nitrogens is 1. The minimum atomic E-state index is -0.477. The van der Waals surface area contributed by atoms with Crippen molar-refractivity contribution in [2.75, 3.05) is 20.2 Å². The molecular weight excluding hydrogens is 248 g/mol. The van der Waals surface area contributed by atoms with Crippen molar-refractivity contribution < 1.29 is 23.6 Å². The summed E-state index contributed by atoms with van der Waals surface area (Å²) in [4.78, 5) is 23.7. The summed E-state index contributed by atoms with van der Waals surface area (Å²) in [5.41, 5.74) is 5.35. The third-order valence-electron chi connectivity index (χ3n) is 3.49. The zero-order chi connectivity index (χ0) is 13.8. The first-order chi connectivity index (χ1) is 9.10. The molecule has 0 bridgehead atoms. The van der Waals surface area contributed by atoms with E-state index in [1.807, 2.05) is 0 Å². The van der Waals surface area contributed by atoms with E-state index in [1.54, 1.807) is 12.1 Å². The summed E-state index contributed by atoms with van der Waals surface area (Å²) in [6.45, 7) is 2.36. The molecule has 1 aliphatic heterocycles. The molecule has 2 atom stereocenters. The van der Waals surface area contributed by atoms with Gasteiger partial charge in [-0.1, -0.05) is 0 Å². The lowest BCUT2D eigenvalue weighted by atomic mass is 9.97. The van der Waals surface area contributed by atoms with Crippen molar-refractivity contribution in [1.82, 2.24) is 0 Å². The number of ether oxygens (including phenoxy) is 1. The number of amides is 1. The fourth-order valence-electron chi connectivity index (χ4n) is 2.48. The van der Waals surface area contributed by atoms with E-state index in [9.17, 15) is 9.59 Å². The van der Waals surface area contributed by atoms with Crippen molar-refractivity contribution in [3.63, 3.8) is 0 Å². The van der Waals surface area contributed by atoms with Gasteiger partial charge >= 0.3 is 5.97 Å². The SMILES string of the molecule is COC(=O)c1ccc(C[NH+]2CCC[C@H](C(N)=O)C2)o1. The molecule has 0 aromatic carbocycles. The number of carbonyl (C=O) groups excluding carboxylic acids is 2. The van der Waals surface area contributed by atoms with Gasteiger partial charge in [0.05, 0.1) is 26.1 Å². The molecule has 1 aliphatic rings. The number of furan rings is 1. The molecule has 0 spiro atoms. The van der Waals surface area contributed by atoms with Crippen LogP contribution < -0.4 is 10.6 Å². The Hall–Kier alpha value is -1.82. The number of nitrogens with one attached hydrogen (secondary N) is 1. The van der Waals surface area contributed by atoms with E-state index in [4.69, 9.17) is 10.2 Å². The molecule has 1 aromatic rings. The molecule has 104 valence electrons. The molecule has 1 fully saturated rings. The van der Waals surface area contributed by atoms with E-state index < -0.39 is 5.97 Å². The number of likely N-dealkylation sites (tertiary alicyclic amines) is 1. The fraction of sp³-hybridized carbons (Fsp3) is 0.538. The predicted molar refractivity (Wildman–Crippen MR) is 66.4 cm³/mol. The second kappa shape index (κ2) is 5.88. The number of hydrogen-bond donors (Lipinski definition) is 2. The van der Waals surface area contributed by atoms with E-state index in [2.05, 4.69) is 4.74 Å². The third kappa shape index (κ3) is 3.35. The maximum absolute atomic E-state index is 11.3. The topological polar surface area (TPSA) is 87.0 Å². The summed E-state index contributed by atoms with van der Waals surface area (Å²) in [5.74, 6) is 0.168. The molecule has 1 unspecified atom stereocenters. The van der Waals surface area contributed by atoms with Crippen LogP contribution in [0.5, 0.6) is 0 Å². The Labute approximate surface area is 111 Å². The van der Waals surface area contributed by atoms with Gasteiger partial charge < -0.3 is 19.8 Å². The van der Waals surface area contributed by atoms with Gasteiger partial charge in [0, 0.05) is 0 Å². The van der Waals surface area contributed by atoms with Crippen LogP contribution in [0.15, 0.2) is 16.5 Å². The molecule has 1 saturated heterocycles. The minimum Gasteiger partial charge on any atom is -0.463 e. The zero-order valence-electron chi connectivity index (χ0n) is 11.0.